The molecule has 0 saturated carbocycles. The number of nitrogens with one attached hydrogen (secondary N) is 1. The number of methoxy groups -OCH3 is 1. The maximum Gasteiger partial charge on any atom is 0.342 e. The molecular formula is C25H18ClFN2O6. The van der Waals surface area contributed by atoms with E-state index in [1.165, 1.54) is 31.4 Å². The molecule has 0 atom stereocenters. The SMILES string of the molecule is COc1ccc(CN2C(=O)c3ccccc3C2=O)cc1C(=O)OCC(=O)Nc1ccc(F)c(Cl)c1. The topological polar surface area (TPSA) is 102 Å². The molecule has 4 rings (SSSR count). The van der Waals surface area contributed by atoms with Crippen molar-refractivity contribution in [3.63, 3.8) is 0 Å². The molecule has 0 radical (unpaired) electrons. The van der Waals surface area contributed by atoms with Crippen LogP contribution in [0, 0.1) is 5.82 Å². The summed E-state index contributed by atoms with van der Waals surface area (Å²) >= 11 is 5.69. The smallest absolute Gasteiger partial charge is 0.342 e. The van der Waals surface area contributed by atoms with Gasteiger partial charge in [0.05, 0.1) is 29.8 Å². The highest BCUT2D eigenvalue weighted by atomic mass is 35.5. The van der Waals surface area contributed by atoms with Crippen LogP contribution in [0.25, 0.3) is 0 Å². The van der Waals surface area contributed by atoms with E-state index in [1.54, 1.807) is 30.3 Å². The summed E-state index contributed by atoms with van der Waals surface area (Å²) in [6.45, 7) is -0.692. The molecule has 35 heavy (non-hydrogen) atoms. The largest absolute Gasteiger partial charge is 0.496 e. The number of nitrogens with zero attached hydrogens (tertiary/aromatic N) is 1. The number of fused-ring (bicyclic) bond motifs is 1. The van der Waals surface area contributed by atoms with Crippen molar-refractivity contribution in [3.8, 4) is 5.75 Å². The molecule has 0 aromatic heterocycles. The summed E-state index contributed by atoms with van der Waals surface area (Å²) in [4.78, 5) is 51.2. The number of hydrogen-bond donors (Lipinski definition) is 1. The molecule has 3 amide bonds. The number of carbonyl (C=O) groups is 4. The number of carbonyl (C=O) groups excluding carboxylic acids is 4. The summed E-state index contributed by atoms with van der Waals surface area (Å²) in [6, 6.07) is 14.7. The maximum atomic E-state index is 13.3. The van der Waals surface area contributed by atoms with Gasteiger partial charge in [-0.15, -0.1) is 0 Å². The van der Waals surface area contributed by atoms with Crippen molar-refractivity contribution in [2.75, 3.05) is 19.0 Å². The lowest BCUT2D eigenvalue weighted by Gasteiger charge is -2.16. The van der Waals surface area contributed by atoms with Crippen LogP contribution in [0.1, 0.15) is 36.6 Å². The van der Waals surface area contributed by atoms with Crippen molar-refractivity contribution in [1.29, 1.82) is 0 Å². The van der Waals surface area contributed by atoms with Gasteiger partial charge in [0, 0.05) is 5.69 Å². The minimum Gasteiger partial charge on any atom is -0.496 e. The van der Waals surface area contributed by atoms with Crippen molar-refractivity contribution < 1.29 is 33.0 Å². The van der Waals surface area contributed by atoms with Gasteiger partial charge in [0.25, 0.3) is 17.7 Å². The second-order valence-corrected chi connectivity index (χ2v) is 7.94. The van der Waals surface area contributed by atoms with E-state index in [4.69, 9.17) is 21.1 Å². The van der Waals surface area contributed by atoms with E-state index in [0.717, 1.165) is 11.0 Å². The van der Waals surface area contributed by atoms with Gasteiger partial charge >= 0.3 is 5.97 Å². The summed E-state index contributed by atoms with van der Waals surface area (Å²) in [5, 5.41) is 2.28. The molecule has 178 valence electrons. The van der Waals surface area contributed by atoms with Crippen LogP contribution in [-0.4, -0.2) is 42.3 Å². The number of anilines is 1. The van der Waals surface area contributed by atoms with Crippen LogP contribution in [0.3, 0.4) is 0 Å². The standard InChI is InChI=1S/C25H18ClFN2O6/c1-34-21-9-6-14(12-29-23(31)16-4-2-3-5-17(16)24(29)32)10-18(21)25(33)35-13-22(30)28-15-7-8-20(27)19(26)11-15/h2-11H,12-13H2,1H3,(H,28,30). The van der Waals surface area contributed by atoms with Crippen molar-refractivity contribution >= 4 is 41.0 Å². The van der Waals surface area contributed by atoms with Crippen LogP contribution < -0.4 is 10.1 Å². The summed E-state index contributed by atoms with van der Waals surface area (Å²) in [5.74, 6) is -2.82. The lowest BCUT2D eigenvalue weighted by atomic mass is 10.1. The predicted octanol–water partition coefficient (Wildman–Crippen LogP) is 4.08. The minimum atomic E-state index is -0.849. The molecule has 0 saturated heterocycles. The number of amides is 3. The second-order valence-electron chi connectivity index (χ2n) is 7.53. The monoisotopic (exact) mass is 496 g/mol. The van der Waals surface area contributed by atoms with Crippen molar-refractivity contribution in [2.45, 2.75) is 6.54 Å². The van der Waals surface area contributed by atoms with Crippen molar-refractivity contribution in [2.24, 2.45) is 0 Å². The third-order valence-electron chi connectivity index (χ3n) is 5.24. The number of hydrogen-bond acceptors (Lipinski definition) is 6. The molecule has 0 bridgehead atoms. The molecular weight excluding hydrogens is 479 g/mol. The third-order valence-corrected chi connectivity index (χ3v) is 5.53. The zero-order valence-corrected chi connectivity index (χ0v) is 19.1. The minimum absolute atomic E-state index is 0.0132. The molecule has 1 aliphatic rings. The zero-order chi connectivity index (χ0) is 25.1. The Kier molecular flexibility index (Phi) is 6.79. The summed E-state index contributed by atoms with van der Waals surface area (Å²) < 4.78 is 23.6. The summed E-state index contributed by atoms with van der Waals surface area (Å²) in [5.41, 5.74) is 1.37. The Hall–Kier alpha value is -4.24. The van der Waals surface area contributed by atoms with E-state index in [0.29, 0.717) is 16.7 Å². The Labute approximate surface area is 204 Å². The average Bonchev–Trinajstić information content (AvgIpc) is 3.09. The van der Waals surface area contributed by atoms with Crippen LogP contribution in [-0.2, 0) is 16.1 Å². The molecule has 1 N–H and O–H groups in total. The summed E-state index contributed by atoms with van der Waals surface area (Å²) in [6.07, 6.45) is 0. The highest BCUT2D eigenvalue weighted by Crippen LogP contribution is 2.27. The van der Waals surface area contributed by atoms with Crippen LogP contribution in [0.5, 0.6) is 5.75 Å². The number of halogens is 2. The highest BCUT2D eigenvalue weighted by molar-refractivity contribution is 6.31. The quantitative estimate of drug-likeness (QED) is 0.390. The first kappa shape index (κ1) is 23.9. The van der Waals surface area contributed by atoms with Gasteiger partial charge in [-0.2, -0.15) is 0 Å². The van der Waals surface area contributed by atoms with E-state index in [1.807, 2.05) is 0 Å². The van der Waals surface area contributed by atoms with Crippen molar-refractivity contribution in [3.05, 3.63) is 93.8 Å². The normalized spacial score (nSPS) is 12.4. The lowest BCUT2D eigenvalue weighted by Crippen LogP contribution is -2.29. The maximum absolute atomic E-state index is 13.3. The van der Waals surface area contributed by atoms with Gasteiger partial charge in [0.15, 0.2) is 6.61 Å². The first-order valence-electron chi connectivity index (χ1n) is 10.3. The number of benzene rings is 3. The molecule has 3 aromatic rings. The fourth-order valence-electron chi connectivity index (χ4n) is 3.56. The number of rotatable bonds is 7. The molecule has 3 aromatic carbocycles. The van der Waals surface area contributed by atoms with E-state index in [-0.39, 0.29) is 28.6 Å². The number of ether oxygens (including phenoxy) is 2. The van der Waals surface area contributed by atoms with Crippen LogP contribution in [0.2, 0.25) is 5.02 Å². The highest BCUT2D eigenvalue weighted by Gasteiger charge is 2.35. The molecule has 0 unspecified atom stereocenters. The first-order chi connectivity index (χ1) is 16.8. The van der Waals surface area contributed by atoms with Gasteiger partial charge in [-0.05, 0) is 48.0 Å². The predicted molar refractivity (Wildman–Crippen MR) is 124 cm³/mol. The van der Waals surface area contributed by atoms with Crippen LogP contribution in [0.4, 0.5) is 10.1 Å². The number of imide groups is 1. The fraction of sp³-hybridized carbons (Fsp3) is 0.120. The Morgan fingerprint density at radius 2 is 1.69 bits per heavy atom. The Balaban J connectivity index is 1.44. The van der Waals surface area contributed by atoms with Gasteiger partial charge in [0.2, 0.25) is 0 Å². The zero-order valence-electron chi connectivity index (χ0n) is 18.3. The average molecular weight is 497 g/mol. The summed E-state index contributed by atoms with van der Waals surface area (Å²) in [7, 11) is 1.36. The van der Waals surface area contributed by atoms with Gasteiger partial charge in [-0.1, -0.05) is 29.8 Å². The Bertz CT molecular complexity index is 1320. The van der Waals surface area contributed by atoms with Crippen molar-refractivity contribution in [1.82, 2.24) is 4.90 Å². The molecule has 1 aliphatic heterocycles. The van der Waals surface area contributed by atoms with Gasteiger partial charge in [-0.3, -0.25) is 19.3 Å². The Morgan fingerprint density at radius 1 is 1.00 bits per heavy atom. The van der Waals surface area contributed by atoms with Gasteiger partial charge in [-0.25, -0.2) is 9.18 Å². The van der Waals surface area contributed by atoms with E-state index in [2.05, 4.69) is 5.32 Å². The molecule has 10 heteroatoms. The van der Waals surface area contributed by atoms with Gasteiger partial charge < -0.3 is 14.8 Å². The fourth-order valence-corrected chi connectivity index (χ4v) is 3.74. The van der Waals surface area contributed by atoms with Crippen LogP contribution in [0.15, 0.2) is 60.7 Å². The lowest BCUT2D eigenvalue weighted by molar-refractivity contribution is -0.119. The van der Waals surface area contributed by atoms with E-state index in [9.17, 15) is 23.6 Å². The van der Waals surface area contributed by atoms with E-state index < -0.39 is 36.1 Å². The number of esters is 1. The Morgan fingerprint density at radius 3 is 2.31 bits per heavy atom. The molecule has 1 heterocycles. The van der Waals surface area contributed by atoms with Crippen LogP contribution >= 0.6 is 11.6 Å². The molecule has 0 spiro atoms. The van der Waals surface area contributed by atoms with E-state index >= 15 is 0 Å². The molecule has 0 aliphatic carbocycles. The van der Waals surface area contributed by atoms with Gasteiger partial charge in [0.1, 0.15) is 17.1 Å². The second kappa shape index (κ2) is 9.94. The first-order valence-corrected chi connectivity index (χ1v) is 10.7. The molecule has 8 nitrogen and oxygen atoms in total. The third kappa shape index (κ3) is 4.99. The molecule has 0 fully saturated rings.